The van der Waals surface area contributed by atoms with Crippen molar-refractivity contribution in [2.24, 2.45) is 0 Å². The molecule has 1 unspecified atom stereocenters. The van der Waals surface area contributed by atoms with Gasteiger partial charge in [0, 0.05) is 23.0 Å². The molecule has 0 spiro atoms. The molecule has 2 heterocycles. The Bertz CT molecular complexity index is 903. The van der Waals surface area contributed by atoms with Gasteiger partial charge < -0.3 is 14.5 Å². The third-order valence-electron chi connectivity index (χ3n) is 4.92. The predicted molar refractivity (Wildman–Crippen MR) is 108 cm³/mol. The topological polar surface area (TPSA) is 32.8 Å². The highest BCUT2D eigenvalue weighted by Crippen LogP contribution is 2.32. The van der Waals surface area contributed by atoms with E-state index in [9.17, 15) is 4.79 Å². The highest BCUT2D eigenvalue weighted by Gasteiger charge is 2.32. The number of carbonyl (C=O) groups is 1. The zero-order valence-electron chi connectivity index (χ0n) is 15.0. The van der Waals surface area contributed by atoms with Crippen LogP contribution in [0.3, 0.4) is 0 Å². The Morgan fingerprint density at radius 3 is 2.77 bits per heavy atom. The Morgan fingerprint density at radius 1 is 1.19 bits per heavy atom. The van der Waals surface area contributed by atoms with Gasteiger partial charge in [0.05, 0.1) is 18.0 Å². The standard InChI is InChI=1S/C21H22N2O2S/c1-22-11-10-17(14-22)23(16-7-5-8-18(13-16)25-2)21(24)20-12-15-6-3-4-9-19(15)26-20/h3-9,12-13,17H,10-11,14H2,1-2H3. The van der Waals surface area contributed by atoms with E-state index in [4.69, 9.17) is 4.74 Å². The van der Waals surface area contributed by atoms with Crippen molar-refractivity contribution in [3.63, 3.8) is 0 Å². The minimum Gasteiger partial charge on any atom is -0.497 e. The van der Waals surface area contributed by atoms with Gasteiger partial charge in [-0.05, 0) is 49.7 Å². The molecule has 1 saturated heterocycles. The van der Waals surface area contributed by atoms with Crippen molar-refractivity contribution in [2.75, 3.05) is 32.1 Å². The van der Waals surface area contributed by atoms with Crippen molar-refractivity contribution in [1.29, 1.82) is 0 Å². The number of ether oxygens (including phenoxy) is 1. The van der Waals surface area contributed by atoms with E-state index in [0.29, 0.717) is 0 Å². The zero-order chi connectivity index (χ0) is 18.1. The molecule has 0 saturated carbocycles. The van der Waals surface area contributed by atoms with Crippen molar-refractivity contribution in [1.82, 2.24) is 4.90 Å². The molecule has 1 atom stereocenters. The Balaban J connectivity index is 1.75. The number of hydrogen-bond acceptors (Lipinski definition) is 4. The third-order valence-corrected chi connectivity index (χ3v) is 6.02. The van der Waals surface area contributed by atoms with Gasteiger partial charge in [0.1, 0.15) is 5.75 Å². The van der Waals surface area contributed by atoms with Crippen LogP contribution in [-0.2, 0) is 0 Å². The fourth-order valence-electron chi connectivity index (χ4n) is 3.58. The monoisotopic (exact) mass is 366 g/mol. The zero-order valence-corrected chi connectivity index (χ0v) is 15.8. The van der Waals surface area contributed by atoms with E-state index in [-0.39, 0.29) is 11.9 Å². The summed E-state index contributed by atoms with van der Waals surface area (Å²) in [6.45, 7) is 1.89. The van der Waals surface area contributed by atoms with Gasteiger partial charge in [0.15, 0.2) is 0 Å². The van der Waals surface area contributed by atoms with Gasteiger partial charge in [0.25, 0.3) is 5.91 Å². The van der Waals surface area contributed by atoms with E-state index in [0.717, 1.165) is 45.9 Å². The Labute approximate surface area is 157 Å². The van der Waals surface area contributed by atoms with Crippen LogP contribution < -0.4 is 9.64 Å². The number of fused-ring (bicyclic) bond motifs is 1. The summed E-state index contributed by atoms with van der Waals surface area (Å²) in [5.74, 6) is 0.836. The van der Waals surface area contributed by atoms with Crippen molar-refractivity contribution in [3.05, 3.63) is 59.5 Å². The molecule has 1 aliphatic heterocycles. The number of benzene rings is 2. The number of nitrogens with zero attached hydrogens (tertiary/aromatic N) is 2. The second-order valence-corrected chi connectivity index (χ2v) is 7.81. The maximum atomic E-state index is 13.5. The first-order valence-electron chi connectivity index (χ1n) is 8.80. The first-order chi connectivity index (χ1) is 12.7. The van der Waals surface area contributed by atoms with Crippen LogP contribution in [0, 0.1) is 0 Å². The van der Waals surface area contributed by atoms with Gasteiger partial charge in [-0.3, -0.25) is 4.79 Å². The van der Waals surface area contributed by atoms with Crippen molar-refractivity contribution >= 4 is 33.0 Å². The van der Waals surface area contributed by atoms with Gasteiger partial charge in [0.2, 0.25) is 0 Å². The summed E-state index contributed by atoms with van der Waals surface area (Å²) in [4.78, 5) is 18.5. The van der Waals surface area contributed by atoms with E-state index in [1.165, 1.54) is 0 Å². The van der Waals surface area contributed by atoms with Gasteiger partial charge >= 0.3 is 0 Å². The lowest BCUT2D eigenvalue weighted by atomic mass is 10.1. The Morgan fingerprint density at radius 2 is 2.04 bits per heavy atom. The Kier molecular flexibility index (Phi) is 4.66. The van der Waals surface area contributed by atoms with Crippen LogP contribution in [0.1, 0.15) is 16.1 Å². The minimum atomic E-state index is 0.0692. The van der Waals surface area contributed by atoms with Crippen molar-refractivity contribution < 1.29 is 9.53 Å². The van der Waals surface area contributed by atoms with E-state index < -0.39 is 0 Å². The number of anilines is 1. The van der Waals surface area contributed by atoms with E-state index in [1.54, 1.807) is 18.4 Å². The quantitative estimate of drug-likeness (QED) is 0.692. The van der Waals surface area contributed by atoms with Gasteiger partial charge in [-0.2, -0.15) is 0 Å². The second-order valence-electron chi connectivity index (χ2n) is 6.73. The maximum Gasteiger partial charge on any atom is 0.268 e. The van der Waals surface area contributed by atoms with Crippen LogP contribution in [0.2, 0.25) is 0 Å². The number of amides is 1. The Hall–Kier alpha value is -2.37. The van der Waals surface area contributed by atoms with Crippen LogP contribution in [-0.4, -0.2) is 44.1 Å². The van der Waals surface area contributed by atoms with Crippen LogP contribution in [0.5, 0.6) is 5.75 Å². The van der Waals surface area contributed by atoms with Crippen molar-refractivity contribution in [3.8, 4) is 5.75 Å². The molecular weight excluding hydrogens is 344 g/mol. The molecule has 1 aromatic heterocycles. The number of hydrogen-bond donors (Lipinski definition) is 0. The molecule has 2 aromatic carbocycles. The summed E-state index contributed by atoms with van der Waals surface area (Å²) in [5, 5.41) is 1.12. The summed E-state index contributed by atoms with van der Waals surface area (Å²) < 4.78 is 6.52. The number of methoxy groups -OCH3 is 1. The van der Waals surface area contributed by atoms with Gasteiger partial charge in [-0.15, -0.1) is 11.3 Å². The second kappa shape index (κ2) is 7.09. The summed E-state index contributed by atoms with van der Waals surface area (Å²) in [6.07, 6.45) is 0.977. The van der Waals surface area contributed by atoms with Crippen LogP contribution in [0.15, 0.2) is 54.6 Å². The highest BCUT2D eigenvalue weighted by molar-refractivity contribution is 7.20. The van der Waals surface area contributed by atoms with Crippen molar-refractivity contribution in [2.45, 2.75) is 12.5 Å². The van der Waals surface area contributed by atoms with Gasteiger partial charge in [-0.1, -0.05) is 24.3 Å². The number of likely N-dealkylation sites (tertiary alicyclic amines) is 1. The molecule has 3 aromatic rings. The molecule has 5 heteroatoms. The van der Waals surface area contributed by atoms with Gasteiger partial charge in [-0.25, -0.2) is 0 Å². The SMILES string of the molecule is COc1cccc(N(C(=O)c2cc3ccccc3s2)C2CCN(C)C2)c1. The lowest BCUT2D eigenvalue weighted by Gasteiger charge is -2.29. The van der Waals surface area contributed by atoms with E-state index >= 15 is 0 Å². The average molecular weight is 366 g/mol. The largest absolute Gasteiger partial charge is 0.497 e. The molecule has 134 valence electrons. The molecule has 4 rings (SSSR count). The van der Waals surface area contributed by atoms with Crippen LogP contribution in [0.4, 0.5) is 5.69 Å². The molecule has 1 fully saturated rings. The molecule has 4 nitrogen and oxygen atoms in total. The maximum absolute atomic E-state index is 13.5. The minimum absolute atomic E-state index is 0.0692. The van der Waals surface area contributed by atoms with Crippen LogP contribution >= 0.6 is 11.3 Å². The summed E-state index contributed by atoms with van der Waals surface area (Å²) in [6, 6.07) is 18.1. The normalized spacial score (nSPS) is 17.5. The predicted octanol–water partition coefficient (Wildman–Crippen LogP) is 4.26. The molecule has 0 N–H and O–H groups in total. The highest BCUT2D eigenvalue weighted by atomic mass is 32.1. The number of likely N-dealkylation sites (N-methyl/N-ethyl adjacent to an activating group) is 1. The molecule has 0 aliphatic carbocycles. The summed E-state index contributed by atoms with van der Waals surface area (Å²) in [5.41, 5.74) is 0.895. The molecule has 26 heavy (non-hydrogen) atoms. The lowest BCUT2D eigenvalue weighted by Crippen LogP contribution is -2.41. The first-order valence-corrected chi connectivity index (χ1v) is 9.62. The average Bonchev–Trinajstić information content (AvgIpc) is 3.28. The molecular formula is C21H22N2O2S. The number of rotatable bonds is 4. The molecule has 0 bridgehead atoms. The fraction of sp³-hybridized carbons (Fsp3) is 0.286. The molecule has 1 aliphatic rings. The number of carbonyl (C=O) groups excluding carboxylic acids is 1. The third kappa shape index (κ3) is 3.20. The summed E-state index contributed by atoms with van der Waals surface area (Å²) in [7, 11) is 3.76. The molecule has 0 radical (unpaired) electrons. The number of thiophene rings is 1. The smallest absolute Gasteiger partial charge is 0.268 e. The summed E-state index contributed by atoms with van der Waals surface area (Å²) >= 11 is 1.56. The fourth-order valence-corrected chi connectivity index (χ4v) is 4.58. The lowest BCUT2D eigenvalue weighted by molar-refractivity contribution is 0.0981. The molecule has 1 amide bonds. The van der Waals surface area contributed by atoms with E-state index in [2.05, 4.69) is 24.1 Å². The first kappa shape index (κ1) is 17.1. The van der Waals surface area contributed by atoms with E-state index in [1.807, 2.05) is 47.4 Å². The van der Waals surface area contributed by atoms with Crippen LogP contribution in [0.25, 0.3) is 10.1 Å².